The van der Waals surface area contributed by atoms with Gasteiger partial charge in [-0.3, -0.25) is 0 Å². The second-order valence-electron chi connectivity index (χ2n) is 11.1. The monoisotopic (exact) mass is 568 g/mol. The minimum absolute atomic E-state index is 0.120. The molecule has 0 aliphatic carbocycles. The molecule has 2 aliphatic heterocycles. The van der Waals surface area contributed by atoms with Gasteiger partial charge in [0.2, 0.25) is 0 Å². The summed E-state index contributed by atoms with van der Waals surface area (Å²) in [5.74, 6) is 7.25. The van der Waals surface area contributed by atoms with Crippen molar-refractivity contribution >= 4 is 30.1 Å². The number of hydrogen-bond donors (Lipinski definition) is 1. The number of methoxy groups -OCH3 is 1. The number of nitrogens with zero attached hydrogens (tertiary/aromatic N) is 2. The molecule has 0 fully saturated rings. The molecule has 0 unspecified atom stereocenters. The maximum absolute atomic E-state index is 13.6. The SMILES string of the molecule is CC[C@@]1(O)C(=O)OCc2c1cc1n(c2=O)Cc2c-1nc1ccc(OCCOC)cc1c2C[CH2][Ge]([CH3])([CH3])[CH3]. The Bertz CT molecular complexity index is 1460. The number of carbonyl (C=O) groups excluding carboxylic acids is 1. The first kappa shape index (κ1) is 25.9. The van der Waals surface area contributed by atoms with Crippen molar-refractivity contribution in [3.05, 3.63) is 56.9 Å². The van der Waals surface area contributed by atoms with Crippen molar-refractivity contribution in [2.45, 2.75) is 61.0 Å². The van der Waals surface area contributed by atoms with Gasteiger partial charge in [0.1, 0.15) is 0 Å². The summed E-state index contributed by atoms with van der Waals surface area (Å²) in [6, 6.07) is 7.68. The normalized spacial score (nSPS) is 18.4. The standard InChI is InChI=1S/C28H34GeN2O6/c1-6-28(34)22-14-24-25-20(15-31(24)26(32)21(22)16-37-27(28)33)18(9-10-29(2,3)4)19-13-17(36-12-11-35-5)7-8-23(19)30-25/h7-8,13-14,34H,6,9-12,15-16H2,1-5H3/t28-/m0/s1. The molecule has 0 spiro atoms. The molecule has 0 bridgehead atoms. The van der Waals surface area contributed by atoms with Crippen LogP contribution in [0.2, 0.25) is 22.5 Å². The van der Waals surface area contributed by atoms with Crippen molar-refractivity contribution in [1.82, 2.24) is 9.55 Å². The molecular formula is C28H34GeN2O6. The molecule has 0 saturated carbocycles. The third-order valence-corrected chi connectivity index (χ3v) is 11.1. The Morgan fingerprint density at radius 2 is 1.95 bits per heavy atom. The first-order valence-corrected chi connectivity index (χ1v) is 20.6. The zero-order valence-corrected chi connectivity index (χ0v) is 24.2. The number of fused-ring (bicyclic) bond motifs is 5. The first-order valence-electron chi connectivity index (χ1n) is 12.8. The molecule has 2 aromatic heterocycles. The van der Waals surface area contributed by atoms with Gasteiger partial charge >= 0.3 is 219 Å². The van der Waals surface area contributed by atoms with Gasteiger partial charge in [-0.25, -0.2) is 0 Å². The molecule has 1 N–H and O–H groups in total. The van der Waals surface area contributed by atoms with E-state index in [4.69, 9.17) is 19.2 Å². The number of carbonyl (C=O) groups is 1. The van der Waals surface area contributed by atoms with Gasteiger partial charge in [0.15, 0.2) is 0 Å². The van der Waals surface area contributed by atoms with E-state index >= 15 is 0 Å². The Morgan fingerprint density at radius 3 is 2.65 bits per heavy atom. The van der Waals surface area contributed by atoms with Crippen LogP contribution in [0.3, 0.4) is 0 Å². The van der Waals surface area contributed by atoms with Gasteiger partial charge in [-0.05, 0) is 0 Å². The zero-order valence-electron chi connectivity index (χ0n) is 22.1. The van der Waals surface area contributed by atoms with Crippen LogP contribution in [0.5, 0.6) is 5.75 Å². The first-order chi connectivity index (χ1) is 17.6. The molecule has 0 saturated heterocycles. The number of aliphatic hydroxyl groups is 1. The minimum atomic E-state index is -1.89. The van der Waals surface area contributed by atoms with Crippen molar-refractivity contribution in [3.8, 4) is 17.1 Å². The predicted molar refractivity (Wildman–Crippen MR) is 144 cm³/mol. The number of aryl methyl sites for hydroxylation is 1. The van der Waals surface area contributed by atoms with E-state index in [2.05, 4.69) is 17.3 Å². The van der Waals surface area contributed by atoms with Crippen LogP contribution >= 0.6 is 0 Å². The molecule has 37 heavy (non-hydrogen) atoms. The summed E-state index contributed by atoms with van der Waals surface area (Å²) in [5, 5.41) is 13.3. The molecule has 0 amide bonds. The molecule has 3 aromatic rings. The Morgan fingerprint density at radius 1 is 1.16 bits per heavy atom. The van der Waals surface area contributed by atoms with Gasteiger partial charge in [0.05, 0.1) is 0 Å². The fraction of sp³-hybridized carbons (Fsp3) is 0.464. The quantitative estimate of drug-likeness (QED) is 0.195. The average molecular weight is 567 g/mol. The van der Waals surface area contributed by atoms with Crippen molar-refractivity contribution in [2.24, 2.45) is 0 Å². The number of esters is 1. The van der Waals surface area contributed by atoms with E-state index in [0.29, 0.717) is 36.6 Å². The number of rotatable bonds is 8. The van der Waals surface area contributed by atoms with Crippen molar-refractivity contribution in [1.29, 1.82) is 0 Å². The summed E-state index contributed by atoms with van der Waals surface area (Å²) in [5.41, 5.74) is 3.04. The van der Waals surface area contributed by atoms with Crippen LogP contribution in [0.1, 0.15) is 35.6 Å². The van der Waals surface area contributed by atoms with E-state index < -0.39 is 24.8 Å². The molecule has 0 radical (unpaired) electrons. The third kappa shape index (κ3) is 4.49. The number of pyridine rings is 2. The second kappa shape index (κ2) is 9.56. The molecule has 4 heterocycles. The van der Waals surface area contributed by atoms with Crippen LogP contribution in [0, 0.1) is 0 Å². The summed E-state index contributed by atoms with van der Waals surface area (Å²) in [7, 11) is 1.65. The van der Waals surface area contributed by atoms with Gasteiger partial charge in [0.25, 0.3) is 0 Å². The molecule has 196 valence electrons. The van der Waals surface area contributed by atoms with Crippen LogP contribution in [0.15, 0.2) is 29.1 Å². The van der Waals surface area contributed by atoms with E-state index in [-0.39, 0.29) is 18.6 Å². The van der Waals surface area contributed by atoms with Crippen LogP contribution in [-0.2, 0) is 39.4 Å². The van der Waals surface area contributed by atoms with E-state index in [1.54, 1.807) is 24.7 Å². The van der Waals surface area contributed by atoms with Gasteiger partial charge in [0, 0.05) is 0 Å². The molecule has 2 aliphatic rings. The molecule has 5 rings (SSSR count). The number of benzene rings is 1. The summed E-state index contributed by atoms with van der Waals surface area (Å²) >= 11 is -1.89. The predicted octanol–water partition coefficient (Wildman–Crippen LogP) is 3.99. The average Bonchev–Trinajstić information content (AvgIpc) is 3.22. The van der Waals surface area contributed by atoms with Crippen LogP contribution in [0.25, 0.3) is 22.3 Å². The molecule has 8 nitrogen and oxygen atoms in total. The third-order valence-electron chi connectivity index (χ3n) is 7.46. The van der Waals surface area contributed by atoms with Crippen LogP contribution < -0.4 is 10.3 Å². The summed E-state index contributed by atoms with van der Waals surface area (Å²) in [6.45, 7) is 2.95. The number of ether oxygens (including phenoxy) is 3. The Hall–Kier alpha value is -2.69. The van der Waals surface area contributed by atoms with E-state index in [1.165, 1.54) is 5.56 Å². The van der Waals surface area contributed by atoms with Crippen LogP contribution in [-0.4, -0.2) is 54.2 Å². The van der Waals surface area contributed by atoms with Crippen molar-refractivity contribution in [2.75, 3.05) is 20.3 Å². The number of hydrogen-bond acceptors (Lipinski definition) is 7. The summed E-state index contributed by atoms with van der Waals surface area (Å²) < 4.78 is 17.9. The summed E-state index contributed by atoms with van der Waals surface area (Å²) in [6.07, 6.45) is 1.02. The number of aromatic nitrogens is 2. The van der Waals surface area contributed by atoms with E-state index in [0.717, 1.165) is 39.6 Å². The summed E-state index contributed by atoms with van der Waals surface area (Å²) in [4.78, 5) is 31.1. The fourth-order valence-corrected chi connectivity index (χ4v) is 7.36. The Balaban J connectivity index is 1.70. The van der Waals surface area contributed by atoms with E-state index in [1.807, 2.05) is 18.2 Å². The van der Waals surface area contributed by atoms with Gasteiger partial charge in [-0.15, -0.1) is 0 Å². The molecule has 9 heteroatoms. The van der Waals surface area contributed by atoms with Crippen LogP contribution in [0.4, 0.5) is 0 Å². The van der Waals surface area contributed by atoms with Crippen molar-refractivity contribution < 1.29 is 24.1 Å². The Kier molecular flexibility index (Phi) is 6.70. The zero-order chi connectivity index (χ0) is 26.5. The molecule has 1 atom stereocenters. The molecule has 1 aromatic carbocycles. The topological polar surface area (TPSA) is 99.9 Å². The van der Waals surface area contributed by atoms with Gasteiger partial charge < -0.3 is 0 Å². The van der Waals surface area contributed by atoms with Gasteiger partial charge in [-0.2, -0.15) is 0 Å². The van der Waals surface area contributed by atoms with Gasteiger partial charge in [-0.1, -0.05) is 0 Å². The number of cyclic esters (lactones) is 1. The fourth-order valence-electron chi connectivity index (χ4n) is 5.26. The molecular weight excluding hydrogens is 533 g/mol. The second-order valence-corrected chi connectivity index (χ2v) is 22.9. The van der Waals surface area contributed by atoms with E-state index in [9.17, 15) is 14.7 Å². The van der Waals surface area contributed by atoms with Crippen molar-refractivity contribution in [3.63, 3.8) is 0 Å². The Labute approximate surface area is 218 Å². The maximum atomic E-state index is 13.6.